The molecule has 4 aliphatic rings. The van der Waals surface area contributed by atoms with E-state index in [1.165, 1.54) is 12.4 Å². The number of ether oxygens (including phenoxy) is 2. The maximum absolute atomic E-state index is 15.7. The fourth-order valence-electron chi connectivity index (χ4n) is 7.05. The summed E-state index contributed by atoms with van der Waals surface area (Å²) in [4.78, 5) is 53.0. The number of morpholine rings is 2. The van der Waals surface area contributed by atoms with Crippen molar-refractivity contribution in [3.63, 3.8) is 0 Å². The Morgan fingerprint density at radius 1 is 0.667 bits per heavy atom. The molecular formula is C34H32F2N4O8. The molecule has 2 atom stereocenters. The van der Waals surface area contributed by atoms with E-state index < -0.39 is 57.8 Å². The molecule has 2 aliphatic carbocycles. The average Bonchev–Trinajstić information content (AvgIpc) is 4.00. The first-order valence-electron chi connectivity index (χ1n) is 16.1. The largest absolute Gasteiger partial charge is 0.477 e. The molecule has 2 N–H and O–H groups in total. The average molecular weight is 663 g/mol. The topological polar surface area (TPSA) is 144 Å². The molecule has 0 amide bonds. The van der Waals surface area contributed by atoms with Gasteiger partial charge in [-0.1, -0.05) is 0 Å². The van der Waals surface area contributed by atoms with Gasteiger partial charge in [0.25, 0.3) is 0 Å². The summed E-state index contributed by atoms with van der Waals surface area (Å²) in [6.45, 7) is 1.76. The minimum Gasteiger partial charge on any atom is -0.477 e. The number of aromatic carboxylic acids is 2. The van der Waals surface area contributed by atoms with E-state index in [0.717, 1.165) is 37.8 Å². The second-order valence-electron chi connectivity index (χ2n) is 13.0. The molecule has 2 aliphatic heterocycles. The van der Waals surface area contributed by atoms with E-state index in [4.69, 9.17) is 9.47 Å². The van der Waals surface area contributed by atoms with Crippen LogP contribution in [-0.2, 0) is 9.47 Å². The van der Waals surface area contributed by atoms with Gasteiger partial charge in [0.1, 0.15) is 35.0 Å². The fraction of sp³-hybridized carbons (Fsp3) is 0.412. The number of hydrogen-bond acceptors (Lipinski definition) is 8. The van der Waals surface area contributed by atoms with Crippen LogP contribution < -0.4 is 20.7 Å². The lowest BCUT2D eigenvalue weighted by Gasteiger charge is -2.42. The summed E-state index contributed by atoms with van der Waals surface area (Å²) >= 11 is 0. The molecule has 2 aromatic carbocycles. The summed E-state index contributed by atoms with van der Waals surface area (Å²) in [5.41, 5.74) is -0.774. The van der Waals surface area contributed by atoms with E-state index in [9.17, 15) is 29.4 Å². The van der Waals surface area contributed by atoms with Gasteiger partial charge < -0.3 is 38.6 Å². The molecule has 4 heterocycles. The van der Waals surface area contributed by atoms with Crippen LogP contribution in [0.3, 0.4) is 0 Å². The fourth-order valence-corrected chi connectivity index (χ4v) is 7.05. The van der Waals surface area contributed by atoms with Crippen molar-refractivity contribution in [1.29, 1.82) is 0 Å². The second kappa shape index (κ2) is 11.4. The Balaban J connectivity index is 1.08. The number of hydrogen-bond donors (Lipinski definition) is 2. The zero-order valence-electron chi connectivity index (χ0n) is 25.7. The quantitative estimate of drug-likeness (QED) is 0.300. The van der Waals surface area contributed by atoms with Crippen molar-refractivity contribution in [3.8, 4) is 0 Å². The molecule has 2 saturated carbocycles. The normalized spacial score (nSPS) is 21.6. The van der Waals surface area contributed by atoms with Crippen LogP contribution >= 0.6 is 0 Å². The Kier molecular flexibility index (Phi) is 7.25. The van der Waals surface area contributed by atoms with Crippen LogP contribution in [0.15, 0.2) is 46.2 Å². The molecule has 0 unspecified atom stereocenters. The molecule has 0 radical (unpaired) electrons. The van der Waals surface area contributed by atoms with Crippen LogP contribution in [-0.4, -0.2) is 82.9 Å². The Labute approximate surface area is 271 Å². The minimum absolute atomic E-state index is 0.0165. The zero-order chi connectivity index (χ0) is 33.4. The van der Waals surface area contributed by atoms with Crippen molar-refractivity contribution < 1.29 is 38.1 Å². The highest BCUT2D eigenvalue weighted by Crippen LogP contribution is 2.40. The van der Waals surface area contributed by atoms with Crippen molar-refractivity contribution >= 4 is 45.1 Å². The summed E-state index contributed by atoms with van der Waals surface area (Å²) in [6.07, 6.45) is 5.00. The van der Waals surface area contributed by atoms with Crippen LogP contribution in [0.5, 0.6) is 0 Å². The van der Waals surface area contributed by atoms with Crippen molar-refractivity contribution in [3.05, 3.63) is 79.9 Å². The van der Waals surface area contributed by atoms with E-state index in [-0.39, 0.29) is 60.5 Å². The molecule has 12 nitrogen and oxygen atoms in total. The van der Waals surface area contributed by atoms with E-state index >= 15 is 8.78 Å². The predicted octanol–water partition coefficient (Wildman–Crippen LogP) is 3.77. The molecule has 250 valence electrons. The molecule has 2 aromatic heterocycles. The molecule has 0 bridgehead atoms. The summed E-state index contributed by atoms with van der Waals surface area (Å²) in [6, 6.07) is 5.52. The smallest absolute Gasteiger partial charge is 0.341 e. The highest BCUT2D eigenvalue weighted by atomic mass is 19.1. The molecule has 0 spiro atoms. The number of anilines is 2. The van der Waals surface area contributed by atoms with Gasteiger partial charge in [0.2, 0.25) is 10.9 Å². The van der Waals surface area contributed by atoms with E-state index in [0.29, 0.717) is 24.1 Å². The number of pyridine rings is 2. The third-order valence-corrected chi connectivity index (χ3v) is 9.83. The first kappa shape index (κ1) is 30.5. The van der Waals surface area contributed by atoms with Gasteiger partial charge >= 0.3 is 11.9 Å². The molecule has 8 rings (SSSR count). The Morgan fingerprint density at radius 3 is 1.42 bits per heavy atom. The lowest BCUT2D eigenvalue weighted by atomic mass is 10.1. The number of benzene rings is 2. The zero-order valence-corrected chi connectivity index (χ0v) is 25.7. The van der Waals surface area contributed by atoms with E-state index in [1.807, 2.05) is 9.80 Å². The van der Waals surface area contributed by atoms with Gasteiger partial charge in [-0.3, -0.25) is 9.59 Å². The maximum Gasteiger partial charge on any atom is 0.341 e. The highest BCUT2D eigenvalue weighted by molar-refractivity contribution is 5.94. The molecule has 48 heavy (non-hydrogen) atoms. The number of carbonyl (C=O) groups is 2. The SMILES string of the molecule is O=C(O)c1cn(C2CC2)c2cc(N3CCO[C@H]([C@@H]4CN(c5cc6c(cc5F)c(=O)c(C(=O)O)cn6C5CC5)CCO4)C3)c(F)cc2c1=O. The molecule has 4 fully saturated rings. The lowest BCUT2D eigenvalue weighted by Crippen LogP contribution is -2.55. The first-order chi connectivity index (χ1) is 23.1. The Bertz CT molecular complexity index is 1990. The number of fused-ring (bicyclic) bond motifs is 2. The standard InChI is InChI=1S/C34H32F2N4O8/c35-23-9-19-25(39(17-1-2-17)13-21(31(19)41)33(43)44)11-27(23)37-5-7-47-29(15-37)30-16-38(6-8-48-30)28-12-26-20(10-24(28)36)32(42)22(34(45)46)14-40(26)18-3-4-18/h9-14,17-18,29-30H,1-8,15-16H2,(H,43,44)(H,45,46)/t29-,30-/m0/s1. The van der Waals surface area contributed by atoms with Crippen molar-refractivity contribution in [2.45, 2.75) is 50.0 Å². The minimum atomic E-state index is -1.36. The Morgan fingerprint density at radius 2 is 1.06 bits per heavy atom. The summed E-state index contributed by atoms with van der Waals surface area (Å²) in [7, 11) is 0. The van der Waals surface area contributed by atoms with Gasteiger partial charge in [-0.15, -0.1) is 0 Å². The predicted molar refractivity (Wildman–Crippen MR) is 171 cm³/mol. The summed E-state index contributed by atoms with van der Waals surface area (Å²) < 4.78 is 47.0. The third-order valence-electron chi connectivity index (χ3n) is 9.83. The number of halogens is 2. The van der Waals surface area contributed by atoms with Crippen LogP contribution in [0.1, 0.15) is 58.5 Å². The first-order valence-corrected chi connectivity index (χ1v) is 16.1. The van der Waals surface area contributed by atoms with Crippen molar-refractivity contribution in [1.82, 2.24) is 9.13 Å². The number of carboxylic acid groups (broad SMARTS) is 2. The highest BCUT2D eigenvalue weighted by Gasteiger charge is 2.36. The van der Waals surface area contributed by atoms with Crippen LogP contribution in [0.2, 0.25) is 0 Å². The third kappa shape index (κ3) is 5.19. The van der Waals surface area contributed by atoms with Gasteiger partial charge in [-0.05, 0) is 49.9 Å². The molecule has 4 aromatic rings. The number of aromatic nitrogens is 2. The number of rotatable bonds is 7. The monoisotopic (exact) mass is 662 g/mol. The molecular weight excluding hydrogens is 630 g/mol. The van der Waals surface area contributed by atoms with Gasteiger partial charge in [-0.25, -0.2) is 18.4 Å². The summed E-state index contributed by atoms with van der Waals surface area (Å²) in [5, 5.41) is 19.2. The van der Waals surface area contributed by atoms with E-state index in [2.05, 4.69) is 0 Å². The van der Waals surface area contributed by atoms with Crippen molar-refractivity contribution in [2.75, 3.05) is 49.2 Å². The number of carboxylic acids is 2. The van der Waals surface area contributed by atoms with E-state index in [1.54, 1.807) is 21.3 Å². The molecule has 2 saturated heterocycles. The van der Waals surface area contributed by atoms with Crippen LogP contribution in [0.4, 0.5) is 20.2 Å². The van der Waals surface area contributed by atoms with Crippen molar-refractivity contribution in [2.24, 2.45) is 0 Å². The Hall–Kier alpha value is -4.82. The van der Waals surface area contributed by atoms with Gasteiger partial charge in [-0.2, -0.15) is 0 Å². The van der Waals surface area contributed by atoms with Gasteiger partial charge in [0, 0.05) is 61.4 Å². The second-order valence-corrected chi connectivity index (χ2v) is 13.0. The summed E-state index contributed by atoms with van der Waals surface area (Å²) in [5.74, 6) is -4.01. The number of nitrogens with zero attached hydrogens (tertiary/aromatic N) is 4. The van der Waals surface area contributed by atoms with Gasteiger partial charge in [0.05, 0.1) is 35.6 Å². The van der Waals surface area contributed by atoms with Crippen LogP contribution in [0, 0.1) is 11.6 Å². The maximum atomic E-state index is 15.7. The molecule has 14 heteroatoms. The van der Waals surface area contributed by atoms with Crippen LogP contribution in [0.25, 0.3) is 21.8 Å². The van der Waals surface area contributed by atoms with Gasteiger partial charge in [0.15, 0.2) is 0 Å². The lowest BCUT2D eigenvalue weighted by molar-refractivity contribution is -0.0826.